The van der Waals surface area contributed by atoms with E-state index in [4.69, 9.17) is 4.74 Å². The van der Waals surface area contributed by atoms with Gasteiger partial charge in [0.1, 0.15) is 6.10 Å². The Balaban J connectivity index is 1.94. The topological polar surface area (TPSA) is 38.3 Å². The molecule has 86 valence electrons. The molecule has 0 spiro atoms. The number of amides is 1. The van der Waals surface area contributed by atoms with Gasteiger partial charge in [0.15, 0.2) is 0 Å². The van der Waals surface area contributed by atoms with E-state index in [1.54, 1.807) is 7.05 Å². The van der Waals surface area contributed by atoms with E-state index < -0.39 is 0 Å². The number of carbonyl (C=O) groups excluding carboxylic acids is 1. The Morgan fingerprint density at radius 1 is 1.13 bits per heavy atom. The zero-order valence-corrected chi connectivity index (χ0v) is 9.50. The number of carbonyl (C=O) groups is 1. The molecule has 0 heterocycles. The van der Waals surface area contributed by atoms with E-state index >= 15 is 0 Å². The molecule has 2 rings (SSSR count). The van der Waals surface area contributed by atoms with Crippen molar-refractivity contribution in [1.82, 2.24) is 5.32 Å². The smallest absolute Gasteiger partial charge is 0.407 e. The van der Waals surface area contributed by atoms with E-state index in [-0.39, 0.29) is 12.2 Å². The van der Waals surface area contributed by atoms with Crippen molar-refractivity contribution in [2.75, 3.05) is 7.05 Å². The second kappa shape index (κ2) is 4.86. The lowest BCUT2D eigenvalue weighted by Crippen LogP contribution is -2.39. The van der Waals surface area contributed by atoms with Gasteiger partial charge in [0.25, 0.3) is 0 Å². The number of alkyl carbamates (subject to hydrolysis) is 1. The Hall–Kier alpha value is -0.730. The van der Waals surface area contributed by atoms with Crippen molar-refractivity contribution in [3.63, 3.8) is 0 Å². The fraction of sp³-hybridized carbons (Fsp3) is 0.917. The maximum Gasteiger partial charge on any atom is 0.407 e. The minimum absolute atomic E-state index is 0.184. The van der Waals surface area contributed by atoms with E-state index in [0.717, 1.165) is 12.3 Å². The van der Waals surface area contributed by atoms with E-state index in [9.17, 15) is 4.79 Å². The summed E-state index contributed by atoms with van der Waals surface area (Å²) in [5, 5.41) is 2.55. The molecular weight excluding hydrogens is 190 g/mol. The largest absolute Gasteiger partial charge is 0.446 e. The molecule has 1 amide bonds. The number of hydrogen-bond acceptors (Lipinski definition) is 2. The standard InChI is InChI=1S/C12H21NO2/c1-13-12(14)15-11-8-4-6-9-5-2-3-7-10(9)11/h9-11H,2-8H2,1H3,(H,13,14). The zero-order chi connectivity index (χ0) is 10.7. The first kappa shape index (κ1) is 10.8. The summed E-state index contributed by atoms with van der Waals surface area (Å²) in [5.41, 5.74) is 0. The van der Waals surface area contributed by atoms with Gasteiger partial charge in [-0.3, -0.25) is 0 Å². The normalized spacial score (nSPS) is 35.4. The number of rotatable bonds is 1. The Morgan fingerprint density at radius 2 is 1.87 bits per heavy atom. The molecule has 0 aliphatic heterocycles. The average Bonchev–Trinajstić information content (AvgIpc) is 2.29. The zero-order valence-electron chi connectivity index (χ0n) is 9.50. The van der Waals surface area contributed by atoms with Crippen LogP contribution in [0.1, 0.15) is 44.9 Å². The van der Waals surface area contributed by atoms with Crippen LogP contribution in [-0.2, 0) is 4.74 Å². The first-order valence-corrected chi connectivity index (χ1v) is 6.19. The predicted octanol–water partition coefficient (Wildman–Crippen LogP) is 2.70. The molecule has 0 aromatic heterocycles. The molecular formula is C12H21NO2. The van der Waals surface area contributed by atoms with Gasteiger partial charge in [-0.2, -0.15) is 0 Å². The highest BCUT2D eigenvalue weighted by Crippen LogP contribution is 2.41. The summed E-state index contributed by atoms with van der Waals surface area (Å²) in [6.07, 6.45) is 8.85. The maximum absolute atomic E-state index is 11.2. The van der Waals surface area contributed by atoms with E-state index in [2.05, 4.69) is 5.32 Å². The molecule has 15 heavy (non-hydrogen) atoms. The average molecular weight is 211 g/mol. The second-order valence-corrected chi connectivity index (χ2v) is 4.83. The van der Waals surface area contributed by atoms with Crippen LogP contribution in [0.2, 0.25) is 0 Å². The summed E-state index contributed by atoms with van der Waals surface area (Å²) in [6.45, 7) is 0. The molecule has 2 saturated carbocycles. The number of ether oxygens (including phenoxy) is 1. The molecule has 0 aromatic rings. The fourth-order valence-electron chi connectivity index (χ4n) is 3.22. The highest BCUT2D eigenvalue weighted by atomic mass is 16.6. The first-order valence-electron chi connectivity index (χ1n) is 6.19. The van der Waals surface area contributed by atoms with Gasteiger partial charge >= 0.3 is 6.09 Å². The van der Waals surface area contributed by atoms with Crippen LogP contribution in [0.5, 0.6) is 0 Å². The van der Waals surface area contributed by atoms with Gasteiger partial charge in [-0.05, 0) is 37.5 Å². The lowest BCUT2D eigenvalue weighted by atomic mass is 9.69. The Morgan fingerprint density at radius 3 is 2.67 bits per heavy atom. The lowest BCUT2D eigenvalue weighted by Gasteiger charge is -2.40. The molecule has 3 heteroatoms. The summed E-state index contributed by atoms with van der Waals surface area (Å²) in [4.78, 5) is 11.2. The third kappa shape index (κ3) is 2.44. The molecule has 3 nitrogen and oxygen atoms in total. The van der Waals surface area contributed by atoms with Crippen molar-refractivity contribution in [1.29, 1.82) is 0 Å². The minimum atomic E-state index is -0.258. The molecule has 3 atom stereocenters. The highest BCUT2D eigenvalue weighted by Gasteiger charge is 2.36. The third-order valence-electron chi connectivity index (χ3n) is 3.97. The molecule has 3 unspecified atom stereocenters. The van der Waals surface area contributed by atoms with Crippen molar-refractivity contribution >= 4 is 6.09 Å². The van der Waals surface area contributed by atoms with Gasteiger partial charge in [-0.1, -0.05) is 19.3 Å². The lowest BCUT2D eigenvalue weighted by molar-refractivity contribution is -0.00491. The van der Waals surface area contributed by atoms with Crippen LogP contribution < -0.4 is 5.32 Å². The van der Waals surface area contributed by atoms with Crippen LogP contribution in [0.4, 0.5) is 4.79 Å². The summed E-state index contributed by atoms with van der Waals surface area (Å²) in [6, 6.07) is 0. The molecule has 2 aliphatic carbocycles. The minimum Gasteiger partial charge on any atom is -0.446 e. The van der Waals surface area contributed by atoms with Crippen molar-refractivity contribution in [2.24, 2.45) is 11.8 Å². The Labute approximate surface area is 91.6 Å². The van der Waals surface area contributed by atoms with Gasteiger partial charge in [-0.15, -0.1) is 0 Å². The van der Waals surface area contributed by atoms with Crippen LogP contribution >= 0.6 is 0 Å². The number of hydrogen-bond donors (Lipinski definition) is 1. The van der Waals surface area contributed by atoms with Gasteiger partial charge in [-0.25, -0.2) is 4.79 Å². The molecule has 2 fully saturated rings. The van der Waals surface area contributed by atoms with Crippen molar-refractivity contribution in [3.05, 3.63) is 0 Å². The van der Waals surface area contributed by atoms with E-state index in [1.807, 2.05) is 0 Å². The van der Waals surface area contributed by atoms with Gasteiger partial charge in [0.2, 0.25) is 0 Å². The SMILES string of the molecule is CNC(=O)OC1CCCC2CCCCC21. The van der Waals surface area contributed by atoms with Crippen LogP contribution in [0.3, 0.4) is 0 Å². The summed E-state index contributed by atoms with van der Waals surface area (Å²) in [5.74, 6) is 1.46. The summed E-state index contributed by atoms with van der Waals surface area (Å²) < 4.78 is 5.46. The predicted molar refractivity (Wildman–Crippen MR) is 58.6 cm³/mol. The monoisotopic (exact) mass is 211 g/mol. The molecule has 0 aromatic carbocycles. The molecule has 0 radical (unpaired) electrons. The molecule has 0 saturated heterocycles. The number of fused-ring (bicyclic) bond motifs is 1. The fourth-order valence-corrected chi connectivity index (χ4v) is 3.22. The molecule has 2 aliphatic rings. The Bertz CT molecular complexity index is 228. The highest BCUT2D eigenvalue weighted by molar-refractivity contribution is 5.66. The second-order valence-electron chi connectivity index (χ2n) is 4.83. The van der Waals surface area contributed by atoms with Crippen molar-refractivity contribution in [2.45, 2.75) is 51.0 Å². The van der Waals surface area contributed by atoms with Crippen molar-refractivity contribution < 1.29 is 9.53 Å². The molecule has 0 bridgehead atoms. The van der Waals surface area contributed by atoms with Gasteiger partial charge < -0.3 is 10.1 Å². The van der Waals surface area contributed by atoms with Gasteiger partial charge in [0.05, 0.1) is 0 Å². The summed E-state index contributed by atoms with van der Waals surface area (Å²) >= 11 is 0. The molecule has 1 N–H and O–H groups in total. The maximum atomic E-state index is 11.2. The van der Waals surface area contributed by atoms with Crippen LogP contribution in [0.25, 0.3) is 0 Å². The third-order valence-corrected chi connectivity index (χ3v) is 3.97. The first-order chi connectivity index (χ1) is 7.31. The van der Waals surface area contributed by atoms with Crippen molar-refractivity contribution in [3.8, 4) is 0 Å². The van der Waals surface area contributed by atoms with Crippen LogP contribution in [0, 0.1) is 11.8 Å². The van der Waals surface area contributed by atoms with Gasteiger partial charge in [0, 0.05) is 7.05 Å². The van der Waals surface area contributed by atoms with Crippen LogP contribution in [0.15, 0.2) is 0 Å². The number of nitrogens with one attached hydrogen (secondary N) is 1. The van der Waals surface area contributed by atoms with Crippen LogP contribution in [-0.4, -0.2) is 19.2 Å². The van der Waals surface area contributed by atoms with E-state index in [0.29, 0.717) is 5.92 Å². The van der Waals surface area contributed by atoms with E-state index in [1.165, 1.54) is 38.5 Å². The summed E-state index contributed by atoms with van der Waals surface area (Å²) in [7, 11) is 1.63. The quantitative estimate of drug-likeness (QED) is 0.724. The Kier molecular flexibility index (Phi) is 3.49.